The number of hydrogen-bond donors (Lipinski definition) is 0. The van der Waals surface area contributed by atoms with Crippen LogP contribution < -0.4 is 0 Å². The van der Waals surface area contributed by atoms with Crippen LogP contribution in [0.15, 0.2) is 24.3 Å². The SMILES string of the molecule is Cc1ccc([11CH3])cc1. The average molecular weight is 105 g/mol. The minimum Gasteiger partial charge on any atom is -0.0591 e. The highest BCUT2D eigenvalue weighted by atomic mass is 13.8. The molecule has 0 aliphatic heterocycles. The molecule has 0 aliphatic carbocycles. The summed E-state index contributed by atoms with van der Waals surface area (Å²) in [5.74, 6) is 0. The van der Waals surface area contributed by atoms with Crippen molar-refractivity contribution in [2.45, 2.75) is 13.8 Å². The fraction of sp³-hybridized carbons (Fsp3) is 0.250. The molecule has 0 aromatic heterocycles. The number of benzene rings is 1. The minimum absolute atomic E-state index is 1.33. The largest absolute Gasteiger partial charge is 0.0591 e. The lowest BCUT2D eigenvalue weighted by atomic mass is 10.0. The molecule has 0 N–H and O–H groups in total. The number of rotatable bonds is 0. The van der Waals surface area contributed by atoms with Crippen LogP contribution in [0.5, 0.6) is 0 Å². The molecule has 0 unspecified atom stereocenters. The van der Waals surface area contributed by atoms with Gasteiger partial charge in [-0.1, -0.05) is 35.4 Å². The first-order chi connectivity index (χ1) is 3.79. The van der Waals surface area contributed by atoms with Crippen LogP contribution in [0.25, 0.3) is 0 Å². The molecule has 8 heavy (non-hydrogen) atoms. The van der Waals surface area contributed by atoms with Crippen molar-refractivity contribution in [3.63, 3.8) is 0 Å². The maximum atomic E-state index is 2.12. The highest BCUT2D eigenvalue weighted by Crippen LogP contribution is 1.99. The first-order valence-electron chi connectivity index (χ1n) is 2.82. The first kappa shape index (κ1) is 5.36. The van der Waals surface area contributed by atoms with E-state index in [1.165, 1.54) is 11.1 Å². The second kappa shape index (κ2) is 1.99. The number of aryl methyl sites for hydroxylation is 2. The van der Waals surface area contributed by atoms with Crippen molar-refractivity contribution in [3.05, 3.63) is 35.4 Å². The van der Waals surface area contributed by atoms with Crippen LogP contribution in [-0.2, 0) is 0 Å². The molecule has 0 radical (unpaired) electrons. The molecule has 0 heteroatoms. The van der Waals surface area contributed by atoms with Gasteiger partial charge in [-0.05, 0) is 13.8 Å². The van der Waals surface area contributed by atoms with Gasteiger partial charge in [-0.2, -0.15) is 0 Å². The molecular weight excluding hydrogens is 95.1 g/mol. The minimum atomic E-state index is 1.33. The Labute approximate surface area is 50.2 Å². The van der Waals surface area contributed by atoms with E-state index in [4.69, 9.17) is 0 Å². The Hall–Kier alpha value is -0.780. The molecule has 0 heterocycles. The van der Waals surface area contributed by atoms with E-state index in [0.717, 1.165) is 0 Å². The van der Waals surface area contributed by atoms with Gasteiger partial charge in [-0.25, -0.2) is 0 Å². The van der Waals surface area contributed by atoms with Crippen molar-refractivity contribution in [1.29, 1.82) is 0 Å². The van der Waals surface area contributed by atoms with Crippen molar-refractivity contribution in [1.82, 2.24) is 0 Å². The Morgan fingerprint density at radius 3 is 1.25 bits per heavy atom. The first-order valence-corrected chi connectivity index (χ1v) is 2.82. The summed E-state index contributed by atoms with van der Waals surface area (Å²) >= 11 is 0. The van der Waals surface area contributed by atoms with Crippen molar-refractivity contribution < 1.29 is 0 Å². The molecular formula is C8H10. The van der Waals surface area contributed by atoms with Gasteiger partial charge in [-0.3, -0.25) is 0 Å². The summed E-state index contributed by atoms with van der Waals surface area (Å²) in [6, 6.07) is 8.48. The van der Waals surface area contributed by atoms with Crippen LogP contribution in [0.3, 0.4) is 0 Å². The van der Waals surface area contributed by atoms with E-state index in [2.05, 4.69) is 38.1 Å². The van der Waals surface area contributed by atoms with E-state index in [0.29, 0.717) is 0 Å². The van der Waals surface area contributed by atoms with Crippen LogP contribution >= 0.6 is 0 Å². The quantitative estimate of drug-likeness (QED) is 0.475. The summed E-state index contributed by atoms with van der Waals surface area (Å²) in [5.41, 5.74) is 2.66. The second-order valence-electron chi connectivity index (χ2n) is 2.15. The molecule has 1 rings (SSSR count). The third-order valence-corrected chi connectivity index (χ3v) is 1.22. The molecule has 0 fully saturated rings. The van der Waals surface area contributed by atoms with E-state index in [1.54, 1.807) is 0 Å². The van der Waals surface area contributed by atoms with Gasteiger partial charge in [0.25, 0.3) is 0 Å². The number of hydrogen-bond acceptors (Lipinski definition) is 0. The fourth-order valence-electron chi connectivity index (χ4n) is 0.637. The van der Waals surface area contributed by atoms with E-state index < -0.39 is 0 Å². The summed E-state index contributed by atoms with van der Waals surface area (Å²) < 4.78 is 0. The zero-order chi connectivity index (χ0) is 5.98. The smallest absolute Gasteiger partial charge is 0.0398 e. The van der Waals surface area contributed by atoms with E-state index in [9.17, 15) is 0 Å². The van der Waals surface area contributed by atoms with Crippen molar-refractivity contribution in [2.75, 3.05) is 0 Å². The Morgan fingerprint density at radius 1 is 0.750 bits per heavy atom. The molecule has 0 amide bonds. The van der Waals surface area contributed by atoms with Gasteiger partial charge in [0.05, 0.1) is 0 Å². The highest BCUT2D eigenvalue weighted by molar-refractivity contribution is 5.19. The standard InChI is InChI=1S/C8H10/c1-7-3-5-8(2)6-4-7/h3-6H,1-2H3/i1-1. The highest BCUT2D eigenvalue weighted by Gasteiger charge is 1.79. The molecule has 1 aromatic rings. The Bertz CT molecular complexity index is 139. The monoisotopic (exact) mass is 105 g/mol. The molecule has 0 atom stereocenters. The van der Waals surface area contributed by atoms with Gasteiger partial charge in [0.1, 0.15) is 0 Å². The Balaban J connectivity index is 3.03. The van der Waals surface area contributed by atoms with Crippen molar-refractivity contribution >= 4 is 0 Å². The molecule has 42 valence electrons. The predicted octanol–water partition coefficient (Wildman–Crippen LogP) is 2.30. The van der Waals surface area contributed by atoms with E-state index in [-0.39, 0.29) is 0 Å². The summed E-state index contributed by atoms with van der Waals surface area (Å²) in [6.07, 6.45) is 0. The van der Waals surface area contributed by atoms with Crippen molar-refractivity contribution in [3.8, 4) is 0 Å². The van der Waals surface area contributed by atoms with Gasteiger partial charge in [0.15, 0.2) is 0 Å². The molecule has 0 saturated carbocycles. The molecule has 1 aromatic carbocycles. The molecule has 0 saturated heterocycles. The summed E-state index contributed by atoms with van der Waals surface area (Å²) in [7, 11) is 0. The summed E-state index contributed by atoms with van der Waals surface area (Å²) in [5, 5.41) is 0. The lowest BCUT2D eigenvalue weighted by Crippen LogP contribution is -1.70. The third-order valence-electron chi connectivity index (χ3n) is 1.22. The normalized spacial score (nSPS) is 9.25. The third kappa shape index (κ3) is 1.09. The van der Waals surface area contributed by atoms with Crippen LogP contribution in [0.2, 0.25) is 0 Å². The summed E-state index contributed by atoms with van der Waals surface area (Å²) in [4.78, 5) is 0. The predicted molar refractivity (Wildman–Crippen MR) is 35.9 cm³/mol. The topological polar surface area (TPSA) is 0 Å². The Morgan fingerprint density at radius 2 is 1.00 bits per heavy atom. The average Bonchev–Trinajstić information content (AvgIpc) is 1.77. The van der Waals surface area contributed by atoms with Gasteiger partial charge < -0.3 is 0 Å². The van der Waals surface area contributed by atoms with Crippen LogP contribution in [0.4, 0.5) is 0 Å². The maximum Gasteiger partial charge on any atom is -0.0398 e. The summed E-state index contributed by atoms with van der Waals surface area (Å²) in [6.45, 7) is 4.19. The maximum absolute atomic E-state index is 2.12. The molecule has 0 bridgehead atoms. The molecule has 0 aliphatic rings. The second-order valence-corrected chi connectivity index (χ2v) is 2.15. The van der Waals surface area contributed by atoms with Crippen LogP contribution in [-0.4, -0.2) is 0 Å². The zero-order valence-corrected chi connectivity index (χ0v) is 5.31. The van der Waals surface area contributed by atoms with E-state index in [1.807, 2.05) is 0 Å². The van der Waals surface area contributed by atoms with Gasteiger partial charge in [0, 0.05) is 0 Å². The van der Waals surface area contributed by atoms with Gasteiger partial charge in [-0.15, -0.1) is 0 Å². The zero-order valence-electron chi connectivity index (χ0n) is 5.31. The molecule has 0 nitrogen and oxygen atoms in total. The van der Waals surface area contributed by atoms with Gasteiger partial charge >= 0.3 is 0 Å². The lowest BCUT2D eigenvalue weighted by molar-refractivity contribution is 1.40. The fourth-order valence-corrected chi connectivity index (χ4v) is 0.637. The van der Waals surface area contributed by atoms with Crippen molar-refractivity contribution in [2.24, 2.45) is 0 Å². The lowest BCUT2D eigenvalue weighted by Gasteiger charge is -1.90. The molecule has 0 spiro atoms. The van der Waals surface area contributed by atoms with Crippen LogP contribution in [0.1, 0.15) is 11.1 Å². The van der Waals surface area contributed by atoms with Gasteiger partial charge in [0.2, 0.25) is 0 Å². The van der Waals surface area contributed by atoms with Crippen LogP contribution in [0, 0.1) is 13.8 Å². The van der Waals surface area contributed by atoms with E-state index >= 15 is 0 Å². The Kier molecular flexibility index (Phi) is 1.34.